The van der Waals surface area contributed by atoms with Crippen LogP contribution < -0.4 is 51.4 Å². The van der Waals surface area contributed by atoms with Gasteiger partial charge in [0.1, 0.15) is 0 Å². The van der Waals surface area contributed by atoms with Crippen molar-refractivity contribution in [2.75, 3.05) is 0 Å². The van der Waals surface area contributed by atoms with Gasteiger partial charge in [0, 0.05) is 0 Å². The van der Waals surface area contributed by atoms with Crippen LogP contribution in [0.15, 0.2) is 24.3 Å². The van der Waals surface area contributed by atoms with E-state index in [-0.39, 0.29) is 64.4 Å². The summed E-state index contributed by atoms with van der Waals surface area (Å²) in [5, 5.41) is 0. The van der Waals surface area contributed by atoms with Crippen molar-refractivity contribution >= 4 is 22.0 Å². The second-order valence-electron chi connectivity index (χ2n) is 1.92. The molecule has 0 heterocycles. The SMILES string of the molecule is O=C1C=CC(=O)C=C1.O=S(=O)(O)O.[H-].[K+]. The van der Waals surface area contributed by atoms with Gasteiger partial charge >= 0.3 is 61.8 Å². The van der Waals surface area contributed by atoms with Gasteiger partial charge in [-0.05, 0) is 24.3 Å². The fraction of sp³-hybridized carbons (Fsp3) is 0. The second-order valence-corrected chi connectivity index (χ2v) is 2.81. The molecule has 6 nitrogen and oxygen atoms in total. The maximum atomic E-state index is 10.3. The van der Waals surface area contributed by atoms with Gasteiger partial charge in [-0.3, -0.25) is 18.7 Å². The molecule has 0 aromatic rings. The summed E-state index contributed by atoms with van der Waals surface area (Å²) in [6, 6.07) is 0. The summed E-state index contributed by atoms with van der Waals surface area (Å²) < 4.78 is 31.6. The summed E-state index contributed by atoms with van der Waals surface area (Å²) in [5.41, 5.74) is 0. The Balaban J connectivity index is -0.000000185. The number of hydrogen-bond acceptors (Lipinski definition) is 4. The Morgan fingerprint density at radius 2 is 1.07 bits per heavy atom. The van der Waals surface area contributed by atoms with E-state index < -0.39 is 10.4 Å². The molecule has 0 fully saturated rings. The molecule has 0 aromatic heterocycles. The van der Waals surface area contributed by atoms with Crippen molar-refractivity contribution in [1.82, 2.24) is 0 Å². The number of carbonyl (C=O) groups is 2. The van der Waals surface area contributed by atoms with Crippen LogP contribution in [0.4, 0.5) is 0 Å². The zero-order valence-electron chi connectivity index (χ0n) is 8.25. The third-order valence-corrected chi connectivity index (χ3v) is 0.824. The molecule has 0 bridgehead atoms. The van der Waals surface area contributed by atoms with Crippen molar-refractivity contribution in [3.05, 3.63) is 24.3 Å². The van der Waals surface area contributed by atoms with Crippen LogP contribution in [-0.2, 0) is 20.0 Å². The monoisotopic (exact) mass is 246 g/mol. The van der Waals surface area contributed by atoms with Gasteiger partial charge < -0.3 is 1.43 Å². The smallest absolute Gasteiger partial charge is 1.00 e. The van der Waals surface area contributed by atoms with Crippen molar-refractivity contribution in [3.8, 4) is 0 Å². The van der Waals surface area contributed by atoms with Gasteiger partial charge in [0.15, 0.2) is 11.6 Å². The molecule has 0 aliphatic heterocycles. The van der Waals surface area contributed by atoms with E-state index in [1.165, 1.54) is 24.3 Å². The number of rotatable bonds is 0. The molecule has 0 atom stereocenters. The molecule has 1 aliphatic carbocycles. The van der Waals surface area contributed by atoms with Crippen molar-refractivity contribution in [3.63, 3.8) is 0 Å². The van der Waals surface area contributed by atoms with Crippen molar-refractivity contribution in [1.29, 1.82) is 0 Å². The van der Waals surface area contributed by atoms with E-state index in [4.69, 9.17) is 17.5 Å². The quantitative estimate of drug-likeness (QED) is 0.263. The molecule has 0 spiro atoms. The van der Waals surface area contributed by atoms with Crippen LogP contribution in [0.1, 0.15) is 1.43 Å². The van der Waals surface area contributed by atoms with Gasteiger partial charge in [-0.1, -0.05) is 0 Å². The average molecular weight is 246 g/mol. The van der Waals surface area contributed by atoms with Crippen LogP contribution >= 0.6 is 0 Å². The summed E-state index contributed by atoms with van der Waals surface area (Å²) in [5.74, 6) is -0.241. The van der Waals surface area contributed by atoms with Crippen molar-refractivity contribution < 1.29 is 79.9 Å². The van der Waals surface area contributed by atoms with Gasteiger partial charge in [0.25, 0.3) is 0 Å². The van der Waals surface area contributed by atoms with Crippen LogP contribution in [0, 0.1) is 0 Å². The first-order valence-corrected chi connectivity index (χ1v) is 4.33. The minimum atomic E-state index is -4.67. The summed E-state index contributed by atoms with van der Waals surface area (Å²) in [6.45, 7) is 0. The zero-order valence-corrected chi connectivity index (χ0v) is 11.2. The Morgan fingerprint density at radius 1 is 0.929 bits per heavy atom. The fourth-order valence-corrected chi connectivity index (χ4v) is 0.440. The molecular weight excluding hydrogens is 239 g/mol. The second kappa shape index (κ2) is 7.60. The molecule has 1 rings (SSSR count). The largest absolute Gasteiger partial charge is 1.00 e. The average Bonchev–Trinajstić information content (AvgIpc) is 1.92. The van der Waals surface area contributed by atoms with Crippen LogP contribution in [-0.4, -0.2) is 29.1 Å². The van der Waals surface area contributed by atoms with Crippen molar-refractivity contribution in [2.24, 2.45) is 0 Å². The Bertz CT molecular complexity index is 325. The summed E-state index contributed by atoms with van der Waals surface area (Å²) >= 11 is 0. The predicted molar refractivity (Wildman–Crippen MR) is 43.6 cm³/mol. The Kier molecular flexibility index (Phi) is 9.09. The van der Waals surface area contributed by atoms with Gasteiger partial charge in [-0.15, -0.1) is 0 Å². The molecular formula is C6H7KO6S. The zero-order chi connectivity index (χ0) is 10.5. The molecule has 14 heavy (non-hydrogen) atoms. The van der Waals surface area contributed by atoms with Crippen LogP contribution in [0.2, 0.25) is 0 Å². The van der Waals surface area contributed by atoms with Gasteiger partial charge in [-0.25, -0.2) is 0 Å². The normalized spacial score (nSPS) is 14.1. The topological polar surface area (TPSA) is 109 Å². The number of allylic oxidation sites excluding steroid dienone is 4. The third-order valence-electron chi connectivity index (χ3n) is 0.824. The predicted octanol–water partition coefficient (Wildman–Crippen LogP) is -3.29. The molecule has 0 radical (unpaired) electrons. The maximum Gasteiger partial charge on any atom is 1.00 e. The van der Waals surface area contributed by atoms with Crippen LogP contribution in [0.5, 0.6) is 0 Å². The first kappa shape index (κ1) is 16.7. The maximum absolute atomic E-state index is 10.3. The molecule has 0 amide bonds. The number of hydrogen-bond donors (Lipinski definition) is 2. The molecule has 2 N–H and O–H groups in total. The molecule has 0 saturated carbocycles. The Labute approximate surface area is 125 Å². The van der Waals surface area contributed by atoms with Crippen LogP contribution in [0.3, 0.4) is 0 Å². The molecule has 0 aromatic carbocycles. The van der Waals surface area contributed by atoms with Gasteiger partial charge in [-0.2, -0.15) is 8.42 Å². The molecule has 8 heteroatoms. The molecule has 1 aliphatic rings. The molecule has 0 saturated heterocycles. The standard InChI is InChI=1S/C6H4O2.K.H2O4S.H/c7-5-1-2-6(8)4-3-5;;1-5(2,3)4;/h1-4H;;(H2,1,2,3,4);/q;+1;;-1. The van der Waals surface area contributed by atoms with Crippen molar-refractivity contribution in [2.45, 2.75) is 0 Å². The Hall–Kier alpha value is 0.326. The first-order chi connectivity index (χ1) is 5.79. The van der Waals surface area contributed by atoms with Gasteiger partial charge in [0.2, 0.25) is 0 Å². The van der Waals surface area contributed by atoms with E-state index in [1.54, 1.807) is 0 Å². The minimum Gasteiger partial charge on any atom is -1.00 e. The van der Waals surface area contributed by atoms with Crippen LogP contribution in [0.25, 0.3) is 0 Å². The summed E-state index contributed by atoms with van der Waals surface area (Å²) in [7, 11) is -4.67. The third kappa shape index (κ3) is 14.8. The van der Waals surface area contributed by atoms with E-state index in [0.717, 1.165) is 0 Å². The summed E-state index contributed by atoms with van der Waals surface area (Å²) in [4.78, 5) is 20.6. The minimum absolute atomic E-state index is 0. The number of ketones is 2. The summed E-state index contributed by atoms with van der Waals surface area (Å²) in [6.07, 6.45) is 5.01. The Morgan fingerprint density at radius 3 is 1.21 bits per heavy atom. The van der Waals surface area contributed by atoms with E-state index in [1.807, 2.05) is 0 Å². The molecule has 74 valence electrons. The van der Waals surface area contributed by atoms with Gasteiger partial charge in [0.05, 0.1) is 0 Å². The molecule has 0 unspecified atom stereocenters. The van der Waals surface area contributed by atoms with E-state index >= 15 is 0 Å². The van der Waals surface area contributed by atoms with E-state index in [0.29, 0.717) is 0 Å². The van der Waals surface area contributed by atoms with E-state index in [9.17, 15) is 9.59 Å². The first-order valence-electron chi connectivity index (χ1n) is 2.93. The van der Waals surface area contributed by atoms with E-state index in [2.05, 4.69) is 0 Å². The number of carbonyl (C=O) groups excluding carboxylic acids is 2. The fourth-order valence-electron chi connectivity index (χ4n) is 0.440.